The lowest BCUT2D eigenvalue weighted by atomic mass is 10.2. The Morgan fingerprint density at radius 1 is 0.926 bits per heavy atom. The molecule has 7 nitrogen and oxygen atoms in total. The SMILES string of the molecule is CN1C[C@@H](C(=O)OCc2ccccc2)N(C(=O)OCc2ccccc2)C1=O. The zero-order valence-corrected chi connectivity index (χ0v) is 14.9. The molecule has 3 amide bonds. The molecule has 0 bridgehead atoms. The number of ether oxygens (including phenoxy) is 2. The molecule has 1 atom stereocenters. The van der Waals surface area contributed by atoms with E-state index in [9.17, 15) is 14.4 Å². The number of urea groups is 1. The van der Waals surface area contributed by atoms with E-state index in [1.807, 2.05) is 48.5 Å². The molecule has 1 saturated heterocycles. The zero-order valence-electron chi connectivity index (χ0n) is 14.9. The Labute approximate surface area is 157 Å². The molecule has 1 aliphatic heterocycles. The van der Waals surface area contributed by atoms with Gasteiger partial charge in [0.15, 0.2) is 6.04 Å². The van der Waals surface area contributed by atoms with Gasteiger partial charge in [0.2, 0.25) is 0 Å². The monoisotopic (exact) mass is 368 g/mol. The van der Waals surface area contributed by atoms with Gasteiger partial charge in [-0.1, -0.05) is 60.7 Å². The fraction of sp³-hybridized carbons (Fsp3) is 0.250. The van der Waals surface area contributed by atoms with Crippen molar-refractivity contribution in [2.24, 2.45) is 0 Å². The van der Waals surface area contributed by atoms with Crippen LogP contribution in [0.15, 0.2) is 60.7 Å². The zero-order chi connectivity index (χ0) is 19.2. The van der Waals surface area contributed by atoms with E-state index >= 15 is 0 Å². The third-order valence-corrected chi connectivity index (χ3v) is 4.19. The molecule has 2 aromatic rings. The molecule has 0 aliphatic carbocycles. The van der Waals surface area contributed by atoms with E-state index in [-0.39, 0.29) is 19.8 Å². The molecule has 3 rings (SSSR count). The molecule has 0 spiro atoms. The number of hydrogen-bond donors (Lipinski definition) is 0. The van der Waals surface area contributed by atoms with Gasteiger partial charge in [0, 0.05) is 7.05 Å². The van der Waals surface area contributed by atoms with Gasteiger partial charge in [-0.25, -0.2) is 19.3 Å². The van der Waals surface area contributed by atoms with Crippen LogP contribution in [-0.4, -0.2) is 47.5 Å². The third-order valence-electron chi connectivity index (χ3n) is 4.19. The first-order valence-corrected chi connectivity index (χ1v) is 8.52. The normalized spacial score (nSPS) is 16.3. The van der Waals surface area contributed by atoms with Crippen molar-refractivity contribution < 1.29 is 23.9 Å². The molecule has 1 fully saturated rings. The van der Waals surface area contributed by atoms with Gasteiger partial charge < -0.3 is 14.4 Å². The van der Waals surface area contributed by atoms with Gasteiger partial charge in [-0.15, -0.1) is 0 Å². The van der Waals surface area contributed by atoms with Crippen LogP contribution in [0.4, 0.5) is 9.59 Å². The number of esters is 1. The Morgan fingerprint density at radius 3 is 2.00 bits per heavy atom. The Morgan fingerprint density at radius 2 is 1.44 bits per heavy atom. The first-order chi connectivity index (χ1) is 13.1. The molecule has 0 N–H and O–H groups in total. The second-order valence-corrected chi connectivity index (χ2v) is 6.18. The topological polar surface area (TPSA) is 76.2 Å². The number of rotatable bonds is 5. The molecule has 0 aromatic heterocycles. The second-order valence-electron chi connectivity index (χ2n) is 6.18. The van der Waals surface area contributed by atoms with Gasteiger partial charge in [-0.3, -0.25) is 0 Å². The highest BCUT2D eigenvalue weighted by Gasteiger charge is 2.45. The Kier molecular flexibility index (Phi) is 5.71. The summed E-state index contributed by atoms with van der Waals surface area (Å²) in [6.07, 6.45) is -0.866. The van der Waals surface area contributed by atoms with E-state index in [2.05, 4.69) is 0 Å². The predicted octanol–water partition coefficient (Wildman–Crippen LogP) is 2.80. The van der Waals surface area contributed by atoms with Crippen LogP contribution in [0.2, 0.25) is 0 Å². The minimum Gasteiger partial charge on any atom is -0.459 e. The largest absolute Gasteiger partial charge is 0.459 e. The van der Waals surface area contributed by atoms with Gasteiger partial charge in [0.25, 0.3) is 0 Å². The standard InChI is InChI=1S/C20H20N2O5/c1-21-12-17(18(23)26-13-15-8-4-2-5-9-15)22(19(21)24)20(25)27-14-16-10-6-3-7-11-16/h2-11,17H,12-14H2,1H3/t17-/m0/s1. The highest BCUT2D eigenvalue weighted by molar-refractivity contribution is 5.98. The van der Waals surface area contributed by atoms with Crippen LogP contribution in [0.5, 0.6) is 0 Å². The van der Waals surface area contributed by atoms with Gasteiger partial charge in [-0.05, 0) is 11.1 Å². The average molecular weight is 368 g/mol. The van der Waals surface area contributed by atoms with Crippen LogP contribution in [0.3, 0.4) is 0 Å². The van der Waals surface area contributed by atoms with Gasteiger partial charge in [0.05, 0.1) is 6.54 Å². The predicted molar refractivity (Wildman–Crippen MR) is 96.5 cm³/mol. The Balaban J connectivity index is 1.63. The van der Waals surface area contributed by atoms with E-state index in [0.29, 0.717) is 0 Å². The lowest BCUT2D eigenvalue weighted by molar-refractivity contribution is -0.149. The number of likely N-dealkylation sites (N-methyl/N-ethyl adjacent to an activating group) is 1. The maximum atomic E-state index is 12.4. The summed E-state index contributed by atoms with van der Waals surface area (Å²) < 4.78 is 10.5. The van der Waals surface area contributed by atoms with Crippen LogP contribution in [-0.2, 0) is 27.5 Å². The van der Waals surface area contributed by atoms with Crippen LogP contribution >= 0.6 is 0 Å². The molecule has 0 radical (unpaired) electrons. The molecule has 1 heterocycles. The minimum atomic E-state index is -1.03. The van der Waals surface area contributed by atoms with E-state index in [4.69, 9.17) is 9.47 Å². The summed E-state index contributed by atoms with van der Waals surface area (Å²) in [6.45, 7) is 0.146. The van der Waals surface area contributed by atoms with E-state index in [1.54, 1.807) is 12.1 Å². The van der Waals surface area contributed by atoms with E-state index in [1.165, 1.54) is 11.9 Å². The van der Waals surface area contributed by atoms with E-state index < -0.39 is 24.1 Å². The molecule has 0 saturated carbocycles. The third kappa shape index (κ3) is 4.44. The molecule has 1 aliphatic rings. The summed E-state index contributed by atoms with van der Waals surface area (Å²) in [6, 6.07) is 16.7. The summed E-state index contributed by atoms with van der Waals surface area (Å²) in [5.41, 5.74) is 1.61. The number of amides is 3. The van der Waals surface area contributed by atoms with Crippen molar-refractivity contribution in [3.05, 3.63) is 71.8 Å². The summed E-state index contributed by atoms with van der Waals surface area (Å²) in [7, 11) is 1.52. The number of nitrogens with zero attached hydrogens (tertiary/aromatic N) is 2. The van der Waals surface area contributed by atoms with Crippen molar-refractivity contribution in [2.45, 2.75) is 19.3 Å². The van der Waals surface area contributed by atoms with Gasteiger partial charge >= 0.3 is 18.1 Å². The number of imide groups is 1. The quantitative estimate of drug-likeness (QED) is 0.759. The number of hydrogen-bond acceptors (Lipinski definition) is 5. The van der Waals surface area contributed by atoms with Crippen molar-refractivity contribution >= 4 is 18.1 Å². The number of carbonyl (C=O) groups is 3. The average Bonchev–Trinajstić information content (AvgIpc) is 3.00. The summed E-state index contributed by atoms with van der Waals surface area (Å²) >= 11 is 0. The highest BCUT2D eigenvalue weighted by Crippen LogP contribution is 2.18. The molecular formula is C20H20N2O5. The first-order valence-electron chi connectivity index (χ1n) is 8.52. The Hall–Kier alpha value is -3.35. The van der Waals surface area contributed by atoms with Crippen molar-refractivity contribution in [2.75, 3.05) is 13.6 Å². The lowest BCUT2D eigenvalue weighted by Gasteiger charge is -2.19. The smallest absolute Gasteiger partial charge is 0.419 e. The van der Waals surface area contributed by atoms with Crippen molar-refractivity contribution in [1.82, 2.24) is 9.80 Å². The maximum Gasteiger partial charge on any atom is 0.419 e. The number of benzene rings is 2. The van der Waals surface area contributed by atoms with Crippen LogP contribution in [0, 0.1) is 0 Å². The van der Waals surface area contributed by atoms with Gasteiger partial charge in [0.1, 0.15) is 13.2 Å². The number of carbonyl (C=O) groups excluding carboxylic acids is 3. The molecule has 140 valence electrons. The van der Waals surface area contributed by atoms with Crippen molar-refractivity contribution in [3.63, 3.8) is 0 Å². The lowest BCUT2D eigenvalue weighted by Crippen LogP contribution is -2.44. The fourth-order valence-electron chi connectivity index (χ4n) is 2.74. The summed E-state index contributed by atoms with van der Waals surface area (Å²) in [5, 5.41) is 0. The van der Waals surface area contributed by atoms with Crippen LogP contribution in [0.25, 0.3) is 0 Å². The highest BCUT2D eigenvalue weighted by atomic mass is 16.6. The van der Waals surface area contributed by atoms with Crippen LogP contribution < -0.4 is 0 Å². The molecule has 2 aromatic carbocycles. The second kappa shape index (κ2) is 8.35. The Bertz CT molecular complexity index is 810. The first kappa shape index (κ1) is 18.4. The van der Waals surface area contributed by atoms with Crippen molar-refractivity contribution in [1.29, 1.82) is 0 Å². The summed E-state index contributed by atoms with van der Waals surface area (Å²) in [5.74, 6) is -0.645. The fourth-order valence-corrected chi connectivity index (χ4v) is 2.74. The maximum absolute atomic E-state index is 12.4. The van der Waals surface area contributed by atoms with E-state index in [0.717, 1.165) is 16.0 Å². The molecular weight excluding hydrogens is 348 g/mol. The molecule has 0 unspecified atom stereocenters. The van der Waals surface area contributed by atoms with Crippen molar-refractivity contribution in [3.8, 4) is 0 Å². The molecule has 27 heavy (non-hydrogen) atoms. The van der Waals surface area contributed by atoms with Crippen LogP contribution in [0.1, 0.15) is 11.1 Å². The van der Waals surface area contributed by atoms with Gasteiger partial charge in [-0.2, -0.15) is 0 Å². The molecule has 7 heteroatoms. The minimum absolute atomic E-state index is 0.0128. The summed E-state index contributed by atoms with van der Waals surface area (Å²) in [4.78, 5) is 39.3.